The van der Waals surface area contributed by atoms with Crippen LogP contribution in [0.3, 0.4) is 0 Å². The molecule has 0 atom stereocenters. The van der Waals surface area contributed by atoms with Crippen molar-refractivity contribution in [3.63, 3.8) is 0 Å². The van der Waals surface area contributed by atoms with Gasteiger partial charge in [0.2, 0.25) is 5.43 Å². The Hall–Kier alpha value is -1.29. The zero-order chi connectivity index (χ0) is 11.2. The van der Waals surface area contributed by atoms with Gasteiger partial charge in [-0.25, -0.2) is 9.97 Å². The molecule has 0 aromatic carbocycles. The van der Waals surface area contributed by atoms with Gasteiger partial charge in [0.25, 0.3) is 0 Å². The zero-order valence-corrected chi connectivity index (χ0v) is 10.0. The third-order valence-corrected chi connectivity index (χ3v) is 3.70. The second kappa shape index (κ2) is 3.38. The number of aromatic nitrogens is 2. The molecule has 2 heterocycles. The van der Waals surface area contributed by atoms with Crippen molar-refractivity contribution in [1.82, 2.24) is 9.97 Å². The lowest BCUT2D eigenvalue weighted by molar-refractivity contribution is 1.10. The Morgan fingerprint density at radius 3 is 2.27 bits per heavy atom. The van der Waals surface area contributed by atoms with Crippen molar-refractivity contribution in [2.75, 3.05) is 0 Å². The van der Waals surface area contributed by atoms with E-state index in [4.69, 9.17) is 0 Å². The molecule has 2 aromatic rings. The van der Waals surface area contributed by atoms with Gasteiger partial charge in [0.15, 0.2) is 0 Å². The molecule has 0 unspecified atom stereocenters. The Labute approximate surface area is 91.8 Å². The van der Waals surface area contributed by atoms with E-state index in [9.17, 15) is 4.79 Å². The Balaban J connectivity index is 3.00. The van der Waals surface area contributed by atoms with Gasteiger partial charge < -0.3 is 0 Å². The minimum atomic E-state index is 0.0110. The van der Waals surface area contributed by atoms with Crippen LogP contribution in [0.1, 0.15) is 21.8 Å². The number of hydrogen-bond acceptors (Lipinski definition) is 4. The lowest BCUT2D eigenvalue weighted by Gasteiger charge is -2.03. The monoisotopic (exact) mass is 220 g/mol. The predicted molar refractivity (Wildman–Crippen MR) is 62.6 cm³/mol. The molecule has 78 valence electrons. The van der Waals surface area contributed by atoms with Crippen molar-refractivity contribution in [2.24, 2.45) is 0 Å². The largest absolute Gasteiger partial charge is 0.287 e. The van der Waals surface area contributed by atoms with Crippen molar-refractivity contribution in [1.29, 1.82) is 0 Å². The lowest BCUT2D eigenvalue weighted by Crippen LogP contribution is -2.10. The molecule has 2 aromatic heterocycles. The molecule has 2 rings (SSSR count). The average Bonchev–Trinajstić information content (AvgIpc) is 2.19. The minimum Gasteiger partial charge on any atom is -0.287 e. The normalized spacial score (nSPS) is 10.9. The van der Waals surface area contributed by atoms with Crippen LogP contribution >= 0.6 is 11.3 Å². The first kappa shape index (κ1) is 10.2. The molecular weight excluding hydrogens is 208 g/mol. The van der Waals surface area contributed by atoms with Crippen LogP contribution in [0.15, 0.2) is 4.79 Å². The number of aryl methyl sites for hydroxylation is 3. The molecule has 3 nitrogen and oxygen atoms in total. The van der Waals surface area contributed by atoms with E-state index in [1.54, 1.807) is 0 Å². The van der Waals surface area contributed by atoms with E-state index in [-0.39, 0.29) is 5.43 Å². The van der Waals surface area contributed by atoms with Crippen LogP contribution < -0.4 is 5.43 Å². The lowest BCUT2D eigenvalue weighted by atomic mass is 10.2. The van der Waals surface area contributed by atoms with Gasteiger partial charge in [-0.1, -0.05) is 0 Å². The summed E-state index contributed by atoms with van der Waals surface area (Å²) in [7, 11) is 0. The summed E-state index contributed by atoms with van der Waals surface area (Å²) in [5.41, 5.74) is 3.02. The molecule has 0 saturated carbocycles. The third kappa shape index (κ3) is 1.55. The van der Waals surface area contributed by atoms with Crippen molar-refractivity contribution in [2.45, 2.75) is 27.7 Å². The van der Waals surface area contributed by atoms with Crippen molar-refractivity contribution >= 4 is 21.7 Å². The zero-order valence-electron chi connectivity index (χ0n) is 9.21. The van der Waals surface area contributed by atoms with E-state index in [1.165, 1.54) is 11.3 Å². The van der Waals surface area contributed by atoms with E-state index in [0.29, 0.717) is 5.52 Å². The Morgan fingerprint density at radius 2 is 1.60 bits per heavy atom. The van der Waals surface area contributed by atoms with Crippen LogP contribution in [0, 0.1) is 27.7 Å². The molecule has 0 aliphatic rings. The first-order chi connectivity index (χ1) is 7.00. The highest BCUT2D eigenvalue weighted by atomic mass is 32.1. The van der Waals surface area contributed by atoms with Crippen LogP contribution in [0.5, 0.6) is 0 Å². The van der Waals surface area contributed by atoms with Gasteiger partial charge in [-0.2, -0.15) is 0 Å². The molecule has 0 saturated heterocycles. The van der Waals surface area contributed by atoms with Crippen LogP contribution in [-0.2, 0) is 0 Å². The van der Waals surface area contributed by atoms with Gasteiger partial charge in [0.05, 0.1) is 11.4 Å². The van der Waals surface area contributed by atoms with Crippen LogP contribution in [0.2, 0.25) is 0 Å². The average molecular weight is 220 g/mol. The fourth-order valence-corrected chi connectivity index (χ4v) is 2.31. The number of nitrogens with zero attached hydrogens (tertiary/aromatic N) is 2. The molecular formula is C11H12N2OS. The molecule has 4 heteroatoms. The molecule has 0 aliphatic heterocycles. The molecule has 0 spiro atoms. The maximum absolute atomic E-state index is 11.9. The Morgan fingerprint density at radius 1 is 1.00 bits per heavy atom. The van der Waals surface area contributed by atoms with E-state index in [1.807, 2.05) is 27.7 Å². The number of rotatable bonds is 0. The van der Waals surface area contributed by atoms with Gasteiger partial charge in [0, 0.05) is 10.4 Å². The second-order valence-electron chi connectivity index (χ2n) is 3.66. The highest BCUT2D eigenvalue weighted by Crippen LogP contribution is 2.18. The maximum Gasteiger partial charge on any atom is 0.211 e. The molecule has 0 N–H and O–H groups in total. The third-order valence-electron chi connectivity index (χ3n) is 2.61. The van der Waals surface area contributed by atoms with Crippen LogP contribution in [0.4, 0.5) is 0 Å². The molecule has 0 bridgehead atoms. The summed E-state index contributed by atoms with van der Waals surface area (Å²) < 4.78 is 0. The summed E-state index contributed by atoms with van der Waals surface area (Å²) in [6.07, 6.45) is 0. The quantitative estimate of drug-likeness (QED) is 0.684. The summed E-state index contributed by atoms with van der Waals surface area (Å²) in [6, 6.07) is 0. The fourth-order valence-electron chi connectivity index (χ4n) is 1.36. The van der Waals surface area contributed by atoms with Gasteiger partial charge in [0.1, 0.15) is 10.3 Å². The molecule has 0 fully saturated rings. The fraction of sp³-hybridized carbons (Fsp3) is 0.364. The molecule has 0 aliphatic carbocycles. The van der Waals surface area contributed by atoms with E-state index < -0.39 is 0 Å². The van der Waals surface area contributed by atoms with Crippen LogP contribution in [-0.4, -0.2) is 9.97 Å². The smallest absolute Gasteiger partial charge is 0.211 e. The van der Waals surface area contributed by atoms with Crippen molar-refractivity contribution in [3.8, 4) is 0 Å². The number of hydrogen-bond donors (Lipinski definition) is 0. The first-order valence-corrected chi connectivity index (χ1v) is 5.57. The van der Waals surface area contributed by atoms with Crippen LogP contribution in [0.25, 0.3) is 10.3 Å². The van der Waals surface area contributed by atoms with E-state index >= 15 is 0 Å². The predicted octanol–water partition coefficient (Wildman–Crippen LogP) is 2.29. The molecule has 0 radical (unpaired) electrons. The summed E-state index contributed by atoms with van der Waals surface area (Å²) in [5.74, 6) is 0. The van der Waals surface area contributed by atoms with Gasteiger partial charge in [-0.15, -0.1) is 11.3 Å². The number of fused-ring (bicyclic) bond motifs is 1. The molecule has 0 amide bonds. The standard InChI is InChI=1S/C11H12N2OS/c1-5-8(4)15-11-9(10(5)14)12-6(2)7(3)13-11/h1-4H3. The van der Waals surface area contributed by atoms with Gasteiger partial charge in [-0.05, 0) is 27.7 Å². The summed E-state index contributed by atoms with van der Waals surface area (Å²) in [4.78, 5) is 22.4. The highest BCUT2D eigenvalue weighted by molar-refractivity contribution is 7.18. The summed E-state index contributed by atoms with van der Waals surface area (Å²) in [6.45, 7) is 7.57. The van der Waals surface area contributed by atoms with Crippen molar-refractivity contribution in [3.05, 3.63) is 32.1 Å². The first-order valence-electron chi connectivity index (χ1n) is 4.76. The Bertz CT molecular complexity index is 596. The minimum absolute atomic E-state index is 0.0110. The summed E-state index contributed by atoms with van der Waals surface area (Å²) >= 11 is 1.53. The van der Waals surface area contributed by atoms with Gasteiger partial charge >= 0.3 is 0 Å². The van der Waals surface area contributed by atoms with E-state index in [0.717, 1.165) is 26.7 Å². The topological polar surface area (TPSA) is 42.9 Å². The van der Waals surface area contributed by atoms with E-state index in [2.05, 4.69) is 9.97 Å². The highest BCUT2D eigenvalue weighted by Gasteiger charge is 2.09. The second-order valence-corrected chi connectivity index (χ2v) is 4.86. The van der Waals surface area contributed by atoms with Crippen molar-refractivity contribution < 1.29 is 0 Å². The maximum atomic E-state index is 11.9. The van der Waals surface area contributed by atoms with Gasteiger partial charge in [-0.3, -0.25) is 4.79 Å². The molecule has 15 heavy (non-hydrogen) atoms. The SMILES string of the molecule is Cc1nc2sc(C)c(C)c(=O)c2nc1C. The Kier molecular flexibility index (Phi) is 2.31. The summed E-state index contributed by atoms with van der Waals surface area (Å²) in [5, 5.41) is 0.